The van der Waals surface area contributed by atoms with Crippen LogP contribution in [0.5, 0.6) is 5.75 Å². The lowest BCUT2D eigenvalue weighted by atomic mass is 10.2. The van der Waals surface area contributed by atoms with Crippen molar-refractivity contribution in [3.8, 4) is 5.75 Å². The number of aromatic nitrogens is 2. The third kappa shape index (κ3) is 4.29. The molecule has 1 aromatic carbocycles. The van der Waals surface area contributed by atoms with E-state index in [9.17, 15) is 14.0 Å². The molecule has 0 saturated carbocycles. The van der Waals surface area contributed by atoms with Gasteiger partial charge in [0.15, 0.2) is 11.6 Å². The second kappa shape index (κ2) is 8.44. The molecule has 0 radical (unpaired) electrons. The molecular weight excluding hydrogens is 379 g/mol. The molecule has 1 amide bonds. The minimum Gasteiger partial charge on any atom is -0.494 e. The molecule has 0 atom stereocenters. The van der Waals surface area contributed by atoms with E-state index in [0.717, 1.165) is 5.56 Å². The van der Waals surface area contributed by atoms with Crippen LogP contribution in [0.3, 0.4) is 0 Å². The number of amides is 1. The lowest BCUT2D eigenvalue weighted by molar-refractivity contribution is -0.117. The third-order valence-electron chi connectivity index (χ3n) is 4.69. The van der Waals surface area contributed by atoms with Gasteiger partial charge in [0.2, 0.25) is 11.8 Å². The average molecular weight is 402 g/mol. The fraction of sp³-hybridized carbons (Fsp3) is 0.350. The Morgan fingerprint density at radius 2 is 2.10 bits per heavy atom. The minimum atomic E-state index is -0.453. The van der Waals surface area contributed by atoms with Gasteiger partial charge in [-0.05, 0) is 38.1 Å². The predicted octanol–water partition coefficient (Wildman–Crippen LogP) is 2.74. The highest BCUT2D eigenvalue weighted by Crippen LogP contribution is 2.28. The number of furan rings is 1. The van der Waals surface area contributed by atoms with Gasteiger partial charge < -0.3 is 9.15 Å². The van der Waals surface area contributed by atoms with Gasteiger partial charge in [-0.3, -0.25) is 19.8 Å². The van der Waals surface area contributed by atoms with Gasteiger partial charge in [-0.15, -0.1) is 0 Å². The molecule has 0 unspecified atom stereocenters. The molecule has 154 valence electrons. The monoisotopic (exact) mass is 402 g/mol. The Hall–Kier alpha value is -3.20. The van der Waals surface area contributed by atoms with Crippen LogP contribution in [0.4, 0.5) is 10.3 Å². The van der Waals surface area contributed by atoms with Crippen LogP contribution in [0.15, 0.2) is 27.4 Å². The number of benzene rings is 1. The molecule has 0 spiro atoms. The number of anilines is 1. The van der Waals surface area contributed by atoms with Gasteiger partial charge in [0.05, 0.1) is 24.7 Å². The summed E-state index contributed by atoms with van der Waals surface area (Å²) in [4.78, 5) is 26.6. The number of carbonyl (C=O) groups excluding carboxylic acids is 1. The van der Waals surface area contributed by atoms with Crippen LogP contribution in [0.1, 0.15) is 23.9 Å². The number of methoxy groups -OCH3 is 1. The van der Waals surface area contributed by atoms with E-state index < -0.39 is 11.4 Å². The first-order valence-corrected chi connectivity index (χ1v) is 9.17. The van der Waals surface area contributed by atoms with Crippen molar-refractivity contribution in [2.45, 2.75) is 27.3 Å². The standard InChI is InChI=1S/C20H23FN4O4/c1-5-25(9-13-6-7-15(28-4)14(21)8-13)10-16(26)22-20-18-17(12(3)29-20)11(2)23-24-19(18)27/h6-8H,5,9-10H2,1-4H3,(H,22,26)(H,24,27). The summed E-state index contributed by atoms with van der Waals surface area (Å²) in [7, 11) is 1.41. The third-order valence-corrected chi connectivity index (χ3v) is 4.69. The van der Waals surface area contributed by atoms with E-state index in [-0.39, 0.29) is 29.5 Å². The first-order valence-electron chi connectivity index (χ1n) is 9.17. The van der Waals surface area contributed by atoms with E-state index in [4.69, 9.17) is 9.15 Å². The van der Waals surface area contributed by atoms with Crippen molar-refractivity contribution in [1.29, 1.82) is 0 Å². The molecule has 8 nitrogen and oxygen atoms in total. The number of nitrogens with zero attached hydrogens (tertiary/aromatic N) is 2. The quantitative estimate of drug-likeness (QED) is 0.630. The lowest BCUT2D eigenvalue weighted by Gasteiger charge is -2.20. The van der Waals surface area contributed by atoms with Crippen LogP contribution in [0.2, 0.25) is 0 Å². The molecule has 2 heterocycles. The van der Waals surface area contributed by atoms with Gasteiger partial charge in [0.25, 0.3) is 5.56 Å². The normalized spacial score (nSPS) is 11.2. The van der Waals surface area contributed by atoms with E-state index in [1.54, 1.807) is 26.0 Å². The zero-order valence-electron chi connectivity index (χ0n) is 16.8. The highest BCUT2D eigenvalue weighted by Gasteiger charge is 2.20. The first-order chi connectivity index (χ1) is 13.8. The first kappa shape index (κ1) is 20.5. The Morgan fingerprint density at radius 1 is 1.34 bits per heavy atom. The number of rotatable bonds is 7. The molecule has 3 aromatic rings. The smallest absolute Gasteiger partial charge is 0.277 e. The maximum absolute atomic E-state index is 13.9. The zero-order valence-corrected chi connectivity index (χ0v) is 16.8. The summed E-state index contributed by atoms with van der Waals surface area (Å²) in [6.45, 7) is 6.36. The van der Waals surface area contributed by atoms with Crippen molar-refractivity contribution >= 4 is 22.6 Å². The summed E-state index contributed by atoms with van der Waals surface area (Å²) in [6, 6.07) is 4.69. The second-order valence-corrected chi connectivity index (χ2v) is 6.70. The Bertz CT molecular complexity index is 1110. The summed E-state index contributed by atoms with van der Waals surface area (Å²) in [6.07, 6.45) is 0. The number of ether oxygens (including phenoxy) is 1. The number of carbonyl (C=O) groups is 1. The number of likely N-dealkylation sites (N-methyl/N-ethyl adjacent to an activating group) is 1. The Balaban J connectivity index is 1.74. The number of aryl methyl sites for hydroxylation is 2. The van der Waals surface area contributed by atoms with Crippen LogP contribution in [0.25, 0.3) is 10.8 Å². The van der Waals surface area contributed by atoms with Crippen molar-refractivity contribution in [2.75, 3.05) is 25.5 Å². The number of halogens is 1. The minimum absolute atomic E-state index is 0.0490. The van der Waals surface area contributed by atoms with Crippen molar-refractivity contribution in [3.63, 3.8) is 0 Å². The fourth-order valence-corrected chi connectivity index (χ4v) is 3.25. The molecule has 29 heavy (non-hydrogen) atoms. The van der Waals surface area contributed by atoms with E-state index in [1.165, 1.54) is 13.2 Å². The van der Waals surface area contributed by atoms with E-state index in [1.807, 2.05) is 11.8 Å². The number of H-pyrrole nitrogens is 1. The summed E-state index contributed by atoms with van der Waals surface area (Å²) in [5, 5.41) is 9.85. The molecule has 2 N–H and O–H groups in total. The largest absolute Gasteiger partial charge is 0.494 e. The molecule has 0 aliphatic heterocycles. The summed E-state index contributed by atoms with van der Waals surface area (Å²) in [5.41, 5.74) is 0.896. The van der Waals surface area contributed by atoms with Crippen molar-refractivity contribution in [2.24, 2.45) is 0 Å². The summed E-state index contributed by atoms with van der Waals surface area (Å²) >= 11 is 0. The maximum atomic E-state index is 13.9. The lowest BCUT2D eigenvalue weighted by Crippen LogP contribution is -2.33. The van der Waals surface area contributed by atoms with Crippen LogP contribution in [-0.4, -0.2) is 41.2 Å². The Morgan fingerprint density at radius 3 is 2.76 bits per heavy atom. The van der Waals surface area contributed by atoms with E-state index in [2.05, 4.69) is 15.5 Å². The molecule has 0 aliphatic rings. The Kier molecular flexibility index (Phi) is 5.97. The SMILES string of the molecule is CCN(CC(=O)Nc1oc(C)c2c(C)n[nH]c(=O)c12)Cc1ccc(OC)c(F)c1. The maximum Gasteiger partial charge on any atom is 0.277 e. The summed E-state index contributed by atoms with van der Waals surface area (Å²) in [5.74, 6) is -0.0190. The molecule has 0 saturated heterocycles. The fourth-order valence-electron chi connectivity index (χ4n) is 3.25. The molecule has 3 rings (SSSR count). The van der Waals surface area contributed by atoms with E-state index >= 15 is 0 Å². The molecule has 0 aliphatic carbocycles. The highest BCUT2D eigenvalue weighted by atomic mass is 19.1. The van der Waals surface area contributed by atoms with Gasteiger partial charge in [-0.25, -0.2) is 9.49 Å². The number of hydrogen-bond acceptors (Lipinski definition) is 6. The van der Waals surface area contributed by atoms with Crippen LogP contribution < -0.4 is 15.6 Å². The number of fused-ring (bicyclic) bond motifs is 1. The van der Waals surface area contributed by atoms with Crippen LogP contribution >= 0.6 is 0 Å². The predicted molar refractivity (Wildman–Crippen MR) is 107 cm³/mol. The van der Waals surface area contributed by atoms with Crippen molar-refractivity contribution < 1.29 is 18.3 Å². The molecule has 0 fully saturated rings. The number of nitrogens with one attached hydrogen (secondary N) is 2. The van der Waals surface area contributed by atoms with E-state index in [0.29, 0.717) is 29.9 Å². The van der Waals surface area contributed by atoms with Crippen molar-refractivity contribution in [3.05, 3.63) is 51.4 Å². The molecule has 2 aromatic heterocycles. The topological polar surface area (TPSA) is 100 Å². The van der Waals surface area contributed by atoms with Crippen molar-refractivity contribution in [1.82, 2.24) is 15.1 Å². The van der Waals surface area contributed by atoms with Gasteiger partial charge in [-0.1, -0.05) is 13.0 Å². The number of aromatic amines is 1. The molecular formula is C20H23FN4O4. The average Bonchev–Trinajstić information content (AvgIpc) is 3.01. The second-order valence-electron chi connectivity index (χ2n) is 6.70. The molecule has 9 heteroatoms. The van der Waals surface area contributed by atoms with Gasteiger partial charge in [0.1, 0.15) is 11.1 Å². The van der Waals surface area contributed by atoms with Gasteiger partial charge in [0, 0.05) is 6.54 Å². The van der Waals surface area contributed by atoms with Gasteiger partial charge in [-0.2, -0.15) is 5.10 Å². The van der Waals surface area contributed by atoms with Crippen LogP contribution in [0, 0.1) is 19.7 Å². The summed E-state index contributed by atoms with van der Waals surface area (Å²) < 4.78 is 24.4. The molecule has 0 bridgehead atoms. The Labute approximate surface area is 166 Å². The number of hydrogen-bond donors (Lipinski definition) is 2. The zero-order chi connectivity index (χ0) is 21.1. The van der Waals surface area contributed by atoms with Gasteiger partial charge >= 0.3 is 0 Å². The highest BCUT2D eigenvalue weighted by molar-refractivity contribution is 6.01. The van der Waals surface area contributed by atoms with Crippen LogP contribution in [-0.2, 0) is 11.3 Å².